The van der Waals surface area contributed by atoms with Crippen molar-refractivity contribution in [2.45, 2.75) is 38.1 Å². The van der Waals surface area contributed by atoms with Gasteiger partial charge in [-0.2, -0.15) is 0 Å². The van der Waals surface area contributed by atoms with E-state index in [1.807, 2.05) is 25.1 Å². The quantitative estimate of drug-likeness (QED) is 0.895. The lowest BCUT2D eigenvalue weighted by Gasteiger charge is -2.07. The number of fused-ring (bicyclic) bond motifs is 1. The molecule has 2 aromatic rings. The normalized spacial score (nSPS) is 16.4. The number of nitrogens with one attached hydrogen (secondary N) is 1. The first-order valence-corrected chi connectivity index (χ1v) is 7.06. The molecule has 0 spiro atoms. The summed E-state index contributed by atoms with van der Waals surface area (Å²) in [5, 5.41) is 2.87. The number of nitrogens with zero attached hydrogens (tertiary/aromatic N) is 2. The van der Waals surface area contributed by atoms with Gasteiger partial charge in [-0.25, -0.2) is 4.98 Å². The van der Waals surface area contributed by atoms with Crippen molar-refractivity contribution >= 4 is 22.6 Å². The second kappa shape index (κ2) is 4.90. The van der Waals surface area contributed by atoms with Crippen molar-refractivity contribution in [1.29, 1.82) is 0 Å². The predicted octanol–water partition coefficient (Wildman–Crippen LogP) is 2.13. The van der Waals surface area contributed by atoms with Gasteiger partial charge in [0, 0.05) is 31.1 Å². The van der Waals surface area contributed by atoms with Crippen molar-refractivity contribution in [3.8, 4) is 0 Å². The van der Waals surface area contributed by atoms with Crippen LogP contribution in [0.5, 0.6) is 0 Å². The maximum Gasteiger partial charge on any atom is 0.225 e. The maximum atomic E-state index is 11.7. The van der Waals surface area contributed by atoms with Crippen LogP contribution in [0.2, 0.25) is 0 Å². The summed E-state index contributed by atoms with van der Waals surface area (Å²) in [5.74, 6) is 1.71. The van der Waals surface area contributed by atoms with Crippen LogP contribution >= 0.6 is 0 Å². The zero-order chi connectivity index (χ0) is 14.3. The second-order valence-corrected chi connectivity index (χ2v) is 5.74. The fourth-order valence-electron chi connectivity index (χ4n) is 2.51. The highest BCUT2D eigenvalue weighted by molar-refractivity contribution is 5.93. The Balaban J connectivity index is 1.85. The van der Waals surface area contributed by atoms with E-state index in [0.29, 0.717) is 12.3 Å². The summed E-state index contributed by atoms with van der Waals surface area (Å²) >= 11 is 0. The highest BCUT2D eigenvalue weighted by Crippen LogP contribution is 2.40. The molecule has 1 atom stereocenters. The van der Waals surface area contributed by atoms with Crippen molar-refractivity contribution in [2.75, 3.05) is 5.32 Å². The Kier molecular flexibility index (Phi) is 3.22. The van der Waals surface area contributed by atoms with E-state index in [2.05, 4.69) is 16.9 Å². The van der Waals surface area contributed by atoms with Gasteiger partial charge in [-0.1, -0.05) is 0 Å². The first-order chi connectivity index (χ1) is 9.54. The predicted molar refractivity (Wildman–Crippen MR) is 79.6 cm³/mol. The summed E-state index contributed by atoms with van der Waals surface area (Å²) in [5.41, 5.74) is 8.45. The van der Waals surface area contributed by atoms with E-state index in [9.17, 15) is 4.79 Å². The molecule has 0 saturated heterocycles. The number of aryl methyl sites for hydroxylation is 1. The number of rotatable bonds is 4. The highest BCUT2D eigenvalue weighted by atomic mass is 16.1. The van der Waals surface area contributed by atoms with Crippen LogP contribution in [-0.4, -0.2) is 21.5 Å². The molecule has 106 valence electrons. The van der Waals surface area contributed by atoms with E-state index < -0.39 is 0 Å². The molecule has 3 N–H and O–H groups in total. The van der Waals surface area contributed by atoms with E-state index in [-0.39, 0.29) is 11.9 Å². The molecular formula is C15H20N4O. The molecule has 20 heavy (non-hydrogen) atoms. The Morgan fingerprint density at radius 3 is 2.95 bits per heavy atom. The minimum Gasteiger partial charge on any atom is -0.331 e. The van der Waals surface area contributed by atoms with E-state index in [1.54, 1.807) is 0 Å². The molecule has 1 aliphatic rings. The molecule has 1 heterocycles. The van der Waals surface area contributed by atoms with Gasteiger partial charge in [0.05, 0.1) is 11.0 Å². The fraction of sp³-hybridized carbons (Fsp3) is 0.467. The van der Waals surface area contributed by atoms with Crippen LogP contribution in [0.1, 0.15) is 37.9 Å². The molecule has 5 nitrogen and oxygen atoms in total. The molecule has 1 unspecified atom stereocenters. The summed E-state index contributed by atoms with van der Waals surface area (Å²) in [6.45, 7) is 1.82. The van der Waals surface area contributed by atoms with Crippen molar-refractivity contribution in [1.82, 2.24) is 9.55 Å². The third-order valence-electron chi connectivity index (χ3n) is 3.65. The third kappa shape index (κ3) is 2.54. The van der Waals surface area contributed by atoms with Crippen LogP contribution in [-0.2, 0) is 11.8 Å². The van der Waals surface area contributed by atoms with Crippen LogP contribution in [0, 0.1) is 0 Å². The van der Waals surface area contributed by atoms with Gasteiger partial charge in [0.15, 0.2) is 0 Å². The van der Waals surface area contributed by atoms with E-state index in [1.165, 1.54) is 12.8 Å². The first kappa shape index (κ1) is 13.1. The van der Waals surface area contributed by atoms with Gasteiger partial charge >= 0.3 is 0 Å². The highest BCUT2D eigenvalue weighted by Gasteiger charge is 2.28. The number of hydrogen-bond donors (Lipinski definition) is 2. The molecule has 1 saturated carbocycles. The lowest BCUT2D eigenvalue weighted by atomic mass is 10.2. The topological polar surface area (TPSA) is 72.9 Å². The lowest BCUT2D eigenvalue weighted by molar-refractivity contribution is -0.116. The van der Waals surface area contributed by atoms with E-state index in [4.69, 9.17) is 10.7 Å². The number of carbonyl (C=O) groups excluding carboxylic acids is 1. The zero-order valence-electron chi connectivity index (χ0n) is 11.9. The van der Waals surface area contributed by atoms with Gasteiger partial charge in [0.25, 0.3) is 0 Å². The molecule has 1 fully saturated rings. The molecule has 0 aliphatic heterocycles. The molecule has 0 bridgehead atoms. The number of benzene rings is 1. The molecule has 3 rings (SSSR count). The number of amides is 1. The number of anilines is 1. The Morgan fingerprint density at radius 1 is 1.55 bits per heavy atom. The van der Waals surface area contributed by atoms with Crippen LogP contribution in [0.3, 0.4) is 0 Å². The van der Waals surface area contributed by atoms with Gasteiger partial charge < -0.3 is 15.6 Å². The fourth-order valence-corrected chi connectivity index (χ4v) is 2.51. The molecule has 1 aromatic carbocycles. The smallest absolute Gasteiger partial charge is 0.225 e. The molecule has 1 aliphatic carbocycles. The minimum absolute atomic E-state index is 0.0577. The average Bonchev–Trinajstić information content (AvgIpc) is 3.14. The van der Waals surface area contributed by atoms with Crippen LogP contribution < -0.4 is 11.1 Å². The van der Waals surface area contributed by atoms with Gasteiger partial charge in [-0.05, 0) is 38.0 Å². The van der Waals surface area contributed by atoms with E-state index in [0.717, 1.165) is 22.5 Å². The third-order valence-corrected chi connectivity index (χ3v) is 3.65. The summed E-state index contributed by atoms with van der Waals surface area (Å²) in [4.78, 5) is 16.4. The standard InChI is InChI=1S/C15H20N4O/c1-9(16)7-14(20)17-11-5-6-13-12(8-11)18-15(19(13)2)10-3-4-10/h5-6,8-10H,3-4,7,16H2,1-2H3,(H,17,20). The molecular weight excluding hydrogens is 252 g/mol. The number of hydrogen-bond acceptors (Lipinski definition) is 3. The molecule has 1 aromatic heterocycles. The number of nitrogens with two attached hydrogens (primary N) is 1. The second-order valence-electron chi connectivity index (χ2n) is 5.74. The van der Waals surface area contributed by atoms with Crippen LogP contribution in [0.25, 0.3) is 11.0 Å². The summed E-state index contributed by atoms with van der Waals surface area (Å²) in [6.07, 6.45) is 2.79. The van der Waals surface area contributed by atoms with Gasteiger partial charge in [0.2, 0.25) is 5.91 Å². The summed E-state index contributed by atoms with van der Waals surface area (Å²) < 4.78 is 2.15. The largest absolute Gasteiger partial charge is 0.331 e. The SMILES string of the molecule is CC(N)CC(=O)Nc1ccc2c(c1)nc(C1CC1)n2C. The number of imidazole rings is 1. The molecule has 0 radical (unpaired) electrons. The average molecular weight is 272 g/mol. The summed E-state index contributed by atoms with van der Waals surface area (Å²) in [6, 6.07) is 5.73. The van der Waals surface area contributed by atoms with Crippen LogP contribution in [0.4, 0.5) is 5.69 Å². The van der Waals surface area contributed by atoms with Crippen molar-refractivity contribution in [3.05, 3.63) is 24.0 Å². The van der Waals surface area contributed by atoms with Crippen molar-refractivity contribution in [3.63, 3.8) is 0 Å². The summed E-state index contributed by atoms with van der Waals surface area (Å²) in [7, 11) is 2.05. The van der Waals surface area contributed by atoms with E-state index >= 15 is 0 Å². The minimum atomic E-state index is -0.130. The van der Waals surface area contributed by atoms with Gasteiger partial charge in [0.1, 0.15) is 5.82 Å². The Labute approximate surface area is 118 Å². The first-order valence-electron chi connectivity index (χ1n) is 7.06. The molecule has 5 heteroatoms. The Hall–Kier alpha value is -1.88. The van der Waals surface area contributed by atoms with Crippen molar-refractivity contribution < 1.29 is 4.79 Å². The maximum absolute atomic E-state index is 11.7. The monoisotopic (exact) mass is 272 g/mol. The van der Waals surface area contributed by atoms with Gasteiger partial charge in [-0.15, -0.1) is 0 Å². The Bertz CT molecular complexity index is 655. The van der Waals surface area contributed by atoms with Crippen molar-refractivity contribution in [2.24, 2.45) is 12.8 Å². The number of aromatic nitrogens is 2. The zero-order valence-corrected chi connectivity index (χ0v) is 11.9. The lowest BCUT2D eigenvalue weighted by Crippen LogP contribution is -2.23. The molecule has 1 amide bonds. The van der Waals surface area contributed by atoms with Crippen LogP contribution in [0.15, 0.2) is 18.2 Å². The number of carbonyl (C=O) groups is 1. The Morgan fingerprint density at radius 2 is 2.30 bits per heavy atom. The van der Waals surface area contributed by atoms with Gasteiger partial charge in [-0.3, -0.25) is 4.79 Å².